The second-order valence-electron chi connectivity index (χ2n) is 7.34. The van der Waals surface area contributed by atoms with Crippen molar-refractivity contribution >= 4 is 17.8 Å². The van der Waals surface area contributed by atoms with Crippen molar-refractivity contribution in [3.05, 3.63) is 29.8 Å². The average Bonchev–Trinajstić information content (AvgIpc) is 2.84. The lowest BCUT2D eigenvalue weighted by molar-refractivity contribution is -0.137. The third-order valence-electron chi connectivity index (χ3n) is 5.50. The smallest absolute Gasteiger partial charge is 0.327 e. The second kappa shape index (κ2) is 7.98. The Bertz CT molecular complexity index is 710. The number of carbonyl (C=O) groups excluding carboxylic acids is 3. The van der Waals surface area contributed by atoms with Crippen LogP contribution in [0.15, 0.2) is 24.3 Å². The van der Waals surface area contributed by atoms with Crippen molar-refractivity contribution in [2.75, 3.05) is 26.7 Å². The minimum Gasteiger partial charge on any atom is -0.492 e. The second-order valence-corrected chi connectivity index (χ2v) is 7.34. The molecule has 27 heavy (non-hydrogen) atoms. The van der Waals surface area contributed by atoms with E-state index in [1.165, 1.54) is 4.90 Å². The van der Waals surface area contributed by atoms with Crippen LogP contribution in [0.5, 0.6) is 5.75 Å². The quantitative estimate of drug-likeness (QED) is 0.612. The van der Waals surface area contributed by atoms with E-state index >= 15 is 0 Å². The molecule has 0 bridgehead atoms. The van der Waals surface area contributed by atoms with E-state index in [0.29, 0.717) is 26.0 Å². The Balaban J connectivity index is 1.48. The molecule has 1 saturated carbocycles. The van der Waals surface area contributed by atoms with Gasteiger partial charge in [0, 0.05) is 7.05 Å². The Kier molecular flexibility index (Phi) is 5.68. The van der Waals surface area contributed by atoms with Gasteiger partial charge in [-0.3, -0.25) is 14.5 Å². The van der Waals surface area contributed by atoms with Crippen molar-refractivity contribution in [3.8, 4) is 5.75 Å². The van der Waals surface area contributed by atoms with Crippen LogP contribution in [0.1, 0.15) is 37.7 Å². The van der Waals surface area contributed by atoms with Crippen LogP contribution in [-0.2, 0) is 9.59 Å². The number of hydrogen-bond donors (Lipinski definition) is 1. The minimum atomic E-state index is -0.746. The van der Waals surface area contributed by atoms with Crippen molar-refractivity contribution in [1.29, 1.82) is 0 Å². The van der Waals surface area contributed by atoms with Gasteiger partial charge in [0.05, 0.1) is 6.54 Å². The van der Waals surface area contributed by atoms with Crippen molar-refractivity contribution in [2.24, 2.45) is 0 Å². The van der Waals surface area contributed by atoms with Gasteiger partial charge in [0.2, 0.25) is 5.91 Å². The number of imide groups is 1. The molecule has 7 heteroatoms. The molecular formula is C20H27N3O4. The third-order valence-corrected chi connectivity index (χ3v) is 5.50. The summed E-state index contributed by atoms with van der Waals surface area (Å²) >= 11 is 0. The van der Waals surface area contributed by atoms with E-state index in [1.54, 1.807) is 7.05 Å². The molecular weight excluding hydrogens is 346 g/mol. The Morgan fingerprint density at radius 3 is 2.48 bits per heavy atom. The summed E-state index contributed by atoms with van der Waals surface area (Å²) in [7, 11) is 1.67. The van der Waals surface area contributed by atoms with Gasteiger partial charge < -0.3 is 15.0 Å². The van der Waals surface area contributed by atoms with Gasteiger partial charge in [-0.25, -0.2) is 4.79 Å². The lowest BCUT2D eigenvalue weighted by atomic mass is 9.81. The van der Waals surface area contributed by atoms with Crippen LogP contribution in [-0.4, -0.2) is 59.9 Å². The molecule has 1 aliphatic carbocycles. The summed E-state index contributed by atoms with van der Waals surface area (Å²) in [6, 6.07) is 7.27. The molecule has 1 aromatic carbocycles. The van der Waals surface area contributed by atoms with Gasteiger partial charge in [-0.05, 0) is 31.9 Å². The third kappa shape index (κ3) is 3.91. The highest BCUT2D eigenvalue weighted by Crippen LogP contribution is 2.39. The molecule has 1 spiro atoms. The molecule has 0 radical (unpaired) electrons. The van der Waals surface area contributed by atoms with Crippen molar-refractivity contribution in [3.63, 3.8) is 0 Å². The largest absolute Gasteiger partial charge is 0.492 e. The van der Waals surface area contributed by atoms with Gasteiger partial charge >= 0.3 is 6.03 Å². The maximum Gasteiger partial charge on any atom is 0.327 e. The molecule has 1 aliphatic heterocycles. The highest BCUT2D eigenvalue weighted by molar-refractivity contribution is 6.08. The lowest BCUT2D eigenvalue weighted by Gasteiger charge is -2.35. The summed E-state index contributed by atoms with van der Waals surface area (Å²) in [4.78, 5) is 40.1. The van der Waals surface area contributed by atoms with Crippen molar-refractivity contribution in [2.45, 2.75) is 44.6 Å². The first kappa shape index (κ1) is 19.2. The summed E-state index contributed by atoms with van der Waals surface area (Å²) in [5.74, 6) is 0.145. The Hall–Kier alpha value is -2.57. The number of carbonyl (C=O) groups is 3. The van der Waals surface area contributed by atoms with E-state index in [0.717, 1.165) is 35.5 Å². The van der Waals surface area contributed by atoms with E-state index in [2.05, 4.69) is 5.32 Å². The van der Waals surface area contributed by atoms with Crippen molar-refractivity contribution in [1.82, 2.24) is 15.1 Å². The topological polar surface area (TPSA) is 79.0 Å². The molecule has 3 rings (SSSR count). The molecule has 1 saturated heterocycles. The number of aryl methyl sites for hydroxylation is 1. The summed E-state index contributed by atoms with van der Waals surface area (Å²) in [6.07, 6.45) is 4.30. The molecule has 4 amide bonds. The molecule has 1 N–H and O–H groups in total. The zero-order valence-corrected chi connectivity index (χ0v) is 16.0. The number of urea groups is 1. The fraction of sp³-hybridized carbons (Fsp3) is 0.550. The molecule has 0 aromatic heterocycles. The average molecular weight is 373 g/mol. The van der Waals surface area contributed by atoms with Crippen LogP contribution >= 0.6 is 0 Å². The molecule has 1 heterocycles. The molecule has 0 unspecified atom stereocenters. The maximum atomic E-state index is 12.8. The molecule has 146 valence electrons. The van der Waals surface area contributed by atoms with Crippen LogP contribution in [0.2, 0.25) is 0 Å². The zero-order chi connectivity index (χ0) is 19.4. The van der Waals surface area contributed by atoms with E-state index in [4.69, 9.17) is 4.74 Å². The van der Waals surface area contributed by atoms with Gasteiger partial charge in [-0.1, -0.05) is 37.0 Å². The first-order chi connectivity index (χ1) is 12.9. The fourth-order valence-electron chi connectivity index (χ4n) is 3.86. The predicted molar refractivity (Wildman–Crippen MR) is 100 cm³/mol. The number of amides is 4. The van der Waals surface area contributed by atoms with Crippen LogP contribution < -0.4 is 10.1 Å². The van der Waals surface area contributed by atoms with E-state index in [9.17, 15) is 14.4 Å². The zero-order valence-electron chi connectivity index (χ0n) is 16.0. The Morgan fingerprint density at radius 1 is 1.15 bits per heavy atom. The number of benzene rings is 1. The SMILES string of the molecule is Cc1ccc(OCCNC(=O)CN2C(=O)N(C)C3(CCCCC3)C2=O)cc1. The Labute approximate surface area is 159 Å². The summed E-state index contributed by atoms with van der Waals surface area (Å²) < 4.78 is 5.56. The number of nitrogens with one attached hydrogen (secondary N) is 1. The summed E-state index contributed by atoms with van der Waals surface area (Å²) in [5.41, 5.74) is 0.403. The summed E-state index contributed by atoms with van der Waals surface area (Å²) in [6.45, 7) is 2.39. The number of hydrogen-bond acceptors (Lipinski definition) is 4. The molecule has 1 aromatic rings. The van der Waals surface area contributed by atoms with Gasteiger partial charge in [0.25, 0.3) is 5.91 Å². The predicted octanol–water partition coefficient (Wildman–Crippen LogP) is 2.09. The van der Waals surface area contributed by atoms with E-state index < -0.39 is 5.54 Å². The van der Waals surface area contributed by atoms with E-state index in [1.807, 2.05) is 31.2 Å². The molecule has 2 fully saturated rings. The fourth-order valence-corrected chi connectivity index (χ4v) is 3.86. The lowest BCUT2D eigenvalue weighted by Crippen LogP contribution is -2.49. The number of rotatable bonds is 6. The van der Waals surface area contributed by atoms with Crippen LogP contribution in [0, 0.1) is 6.92 Å². The standard InChI is InChI=1S/C20H27N3O4/c1-15-6-8-16(9-7-15)27-13-12-21-17(24)14-23-18(25)20(22(2)19(23)26)10-4-3-5-11-20/h6-9H,3-5,10-14H2,1-2H3,(H,21,24). The Morgan fingerprint density at radius 2 is 1.81 bits per heavy atom. The van der Waals surface area contributed by atoms with Gasteiger partial charge in [0.1, 0.15) is 24.4 Å². The molecule has 7 nitrogen and oxygen atoms in total. The minimum absolute atomic E-state index is 0.235. The normalized spacial score (nSPS) is 18.9. The van der Waals surface area contributed by atoms with Gasteiger partial charge in [-0.2, -0.15) is 0 Å². The first-order valence-electron chi connectivity index (χ1n) is 9.50. The highest BCUT2D eigenvalue weighted by atomic mass is 16.5. The summed E-state index contributed by atoms with van der Waals surface area (Å²) in [5, 5.41) is 2.71. The number of nitrogens with zero attached hydrogens (tertiary/aromatic N) is 2. The number of ether oxygens (including phenoxy) is 1. The molecule has 2 aliphatic rings. The first-order valence-corrected chi connectivity index (χ1v) is 9.50. The molecule has 0 atom stereocenters. The maximum absolute atomic E-state index is 12.8. The van der Waals surface area contributed by atoms with Crippen LogP contribution in [0.4, 0.5) is 4.79 Å². The van der Waals surface area contributed by atoms with Gasteiger partial charge in [0.15, 0.2) is 0 Å². The van der Waals surface area contributed by atoms with Crippen LogP contribution in [0.3, 0.4) is 0 Å². The van der Waals surface area contributed by atoms with Crippen molar-refractivity contribution < 1.29 is 19.1 Å². The highest BCUT2D eigenvalue weighted by Gasteiger charge is 2.55. The number of likely N-dealkylation sites (N-methyl/N-ethyl adjacent to an activating group) is 1. The van der Waals surface area contributed by atoms with E-state index in [-0.39, 0.29) is 24.4 Å². The van der Waals surface area contributed by atoms with Crippen LogP contribution in [0.25, 0.3) is 0 Å². The van der Waals surface area contributed by atoms with Gasteiger partial charge in [-0.15, -0.1) is 0 Å². The monoisotopic (exact) mass is 373 g/mol.